The quantitative estimate of drug-likeness (QED) is 0.810. The van der Waals surface area contributed by atoms with Crippen LogP contribution in [0, 0.1) is 0 Å². The SMILES string of the molecule is O=C(CC1CCCN1)c1ccc(OC2CC2)cc1. The zero-order valence-corrected chi connectivity index (χ0v) is 10.5. The lowest BCUT2D eigenvalue weighted by molar-refractivity contribution is 0.0971. The van der Waals surface area contributed by atoms with Crippen LogP contribution >= 0.6 is 0 Å². The van der Waals surface area contributed by atoms with Gasteiger partial charge in [-0.25, -0.2) is 0 Å². The smallest absolute Gasteiger partial charge is 0.164 e. The molecule has 96 valence electrons. The average molecular weight is 245 g/mol. The van der Waals surface area contributed by atoms with E-state index in [1.54, 1.807) is 0 Å². The third-order valence-electron chi connectivity index (χ3n) is 3.60. The third-order valence-corrected chi connectivity index (χ3v) is 3.60. The Morgan fingerprint density at radius 3 is 2.61 bits per heavy atom. The van der Waals surface area contributed by atoms with Crippen LogP contribution in [0.15, 0.2) is 24.3 Å². The normalized spacial score (nSPS) is 23.0. The molecule has 1 saturated heterocycles. The molecule has 1 N–H and O–H groups in total. The van der Waals surface area contributed by atoms with Crippen LogP contribution in [0.5, 0.6) is 5.75 Å². The first kappa shape index (κ1) is 11.7. The zero-order chi connectivity index (χ0) is 12.4. The first-order chi connectivity index (χ1) is 8.81. The Bertz CT molecular complexity index is 417. The Morgan fingerprint density at radius 2 is 2.00 bits per heavy atom. The number of hydrogen-bond acceptors (Lipinski definition) is 3. The van der Waals surface area contributed by atoms with Crippen molar-refractivity contribution in [3.63, 3.8) is 0 Å². The van der Waals surface area contributed by atoms with Gasteiger partial charge in [-0.1, -0.05) is 0 Å². The highest BCUT2D eigenvalue weighted by molar-refractivity contribution is 5.96. The second kappa shape index (κ2) is 5.11. The van der Waals surface area contributed by atoms with Gasteiger partial charge in [0.05, 0.1) is 6.10 Å². The summed E-state index contributed by atoms with van der Waals surface area (Å²) in [6, 6.07) is 7.96. The molecule has 0 radical (unpaired) electrons. The number of ketones is 1. The number of ether oxygens (including phenoxy) is 1. The number of nitrogens with one attached hydrogen (secondary N) is 1. The number of hydrogen-bond donors (Lipinski definition) is 1. The second-order valence-electron chi connectivity index (χ2n) is 5.26. The van der Waals surface area contributed by atoms with E-state index >= 15 is 0 Å². The van der Waals surface area contributed by atoms with Crippen LogP contribution in [-0.4, -0.2) is 24.5 Å². The summed E-state index contributed by atoms with van der Waals surface area (Å²) in [4.78, 5) is 12.1. The largest absolute Gasteiger partial charge is 0.490 e. The summed E-state index contributed by atoms with van der Waals surface area (Å²) in [5.74, 6) is 1.11. The topological polar surface area (TPSA) is 38.3 Å². The van der Waals surface area contributed by atoms with Gasteiger partial charge in [0.25, 0.3) is 0 Å². The van der Waals surface area contributed by atoms with Gasteiger partial charge < -0.3 is 10.1 Å². The van der Waals surface area contributed by atoms with Gasteiger partial charge in [-0.05, 0) is 56.5 Å². The summed E-state index contributed by atoms with van der Waals surface area (Å²) < 4.78 is 5.67. The van der Waals surface area contributed by atoms with Gasteiger partial charge in [0.1, 0.15) is 5.75 Å². The Balaban J connectivity index is 1.58. The van der Waals surface area contributed by atoms with E-state index in [-0.39, 0.29) is 5.78 Å². The van der Waals surface area contributed by atoms with E-state index in [0.29, 0.717) is 18.6 Å². The van der Waals surface area contributed by atoms with E-state index < -0.39 is 0 Å². The van der Waals surface area contributed by atoms with Crippen LogP contribution in [0.4, 0.5) is 0 Å². The monoisotopic (exact) mass is 245 g/mol. The lowest BCUT2D eigenvalue weighted by Crippen LogP contribution is -2.24. The molecular formula is C15H19NO2. The van der Waals surface area contributed by atoms with E-state index in [4.69, 9.17) is 4.74 Å². The molecule has 1 aromatic rings. The van der Waals surface area contributed by atoms with Crippen LogP contribution in [0.1, 0.15) is 42.5 Å². The molecule has 0 bridgehead atoms. The van der Waals surface area contributed by atoms with Crippen molar-refractivity contribution < 1.29 is 9.53 Å². The Labute approximate surface area is 108 Å². The second-order valence-corrected chi connectivity index (χ2v) is 5.26. The standard InChI is InChI=1S/C15H19NO2/c17-15(10-12-2-1-9-16-12)11-3-5-13(6-4-11)18-14-7-8-14/h3-6,12,14,16H,1-2,7-10H2. The minimum absolute atomic E-state index is 0.229. The summed E-state index contributed by atoms with van der Waals surface area (Å²) in [6.07, 6.45) is 5.65. The summed E-state index contributed by atoms with van der Waals surface area (Å²) in [7, 11) is 0. The lowest BCUT2D eigenvalue weighted by Gasteiger charge is -2.09. The number of benzene rings is 1. The fourth-order valence-corrected chi connectivity index (χ4v) is 2.37. The van der Waals surface area contributed by atoms with Gasteiger partial charge in [-0.3, -0.25) is 4.79 Å². The van der Waals surface area contributed by atoms with E-state index in [1.165, 1.54) is 6.42 Å². The van der Waals surface area contributed by atoms with Crippen LogP contribution in [0.2, 0.25) is 0 Å². The predicted molar refractivity (Wildman–Crippen MR) is 70.1 cm³/mol. The molecule has 3 heteroatoms. The van der Waals surface area contributed by atoms with Gasteiger partial charge in [-0.15, -0.1) is 0 Å². The van der Waals surface area contributed by atoms with Gasteiger partial charge in [0, 0.05) is 18.0 Å². The highest BCUT2D eigenvalue weighted by Gasteiger charge is 2.23. The minimum Gasteiger partial charge on any atom is -0.490 e. The number of Topliss-reactive ketones (excluding diaryl/α,β-unsaturated/α-hetero) is 1. The molecule has 0 aromatic heterocycles. The zero-order valence-electron chi connectivity index (χ0n) is 10.5. The summed E-state index contributed by atoms with van der Waals surface area (Å²) in [5.41, 5.74) is 0.798. The molecule has 1 saturated carbocycles. The third kappa shape index (κ3) is 2.91. The van der Waals surface area contributed by atoms with E-state index in [9.17, 15) is 4.79 Å². The number of rotatable bonds is 5. The highest BCUT2D eigenvalue weighted by atomic mass is 16.5. The lowest BCUT2D eigenvalue weighted by atomic mass is 10.0. The van der Waals surface area contributed by atoms with Crippen LogP contribution in [0.3, 0.4) is 0 Å². The van der Waals surface area contributed by atoms with Crippen LogP contribution < -0.4 is 10.1 Å². The molecule has 1 unspecified atom stereocenters. The van der Waals surface area contributed by atoms with E-state index in [2.05, 4.69) is 5.32 Å². The Morgan fingerprint density at radius 1 is 1.22 bits per heavy atom. The Kier molecular flexibility index (Phi) is 3.33. The molecule has 1 aromatic carbocycles. The molecule has 0 amide bonds. The fourth-order valence-electron chi connectivity index (χ4n) is 2.37. The maximum absolute atomic E-state index is 12.1. The molecule has 1 aliphatic carbocycles. The van der Waals surface area contributed by atoms with Crippen LogP contribution in [-0.2, 0) is 0 Å². The van der Waals surface area contributed by atoms with Crippen molar-refractivity contribution in [3.8, 4) is 5.75 Å². The minimum atomic E-state index is 0.229. The van der Waals surface area contributed by atoms with Gasteiger partial charge in [0.15, 0.2) is 5.78 Å². The van der Waals surface area contributed by atoms with Crippen molar-refractivity contribution in [3.05, 3.63) is 29.8 Å². The van der Waals surface area contributed by atoms with E-state index in [1.807, 2.05) is 24.3 Å². The van der Waals surface area contributed by atoms with Gasteiger partial charge >= 0.3 is 0 Å². The first-order valence-electron chi connectivity index (χ1n) is 6.84. The molecule has 1 aliphatic heterocycles. The maximum atomic E-state index is 12.1. The number of carbonyl (C=O) groups excluding carboxylic acids is 1. The van der Waals surface area contributed by atoms with Crippen LogP contribution in [0.25, 0.3) is 0 Å². The summed E-state index contributed by atoms with van der Waals surface area (Å²) >= 11 is 0. The molecule has 0 spiro atoms. The Hall–Kier alpha value is -1.35. The van der Waals surface area contributed by atoms with Gasteiger partial charge in [-0.2, -0.15) is 0 Å². The van der Waals surface area contributed by atoms with Gasteiger partial charge in [0.2, 0.25) is 0 Å². The molecule has 2 aliphatic rings. The number of carbonyl (C=O) groups is 1. The maximum Gasteiger partial charge on any atom is 0.164 e. The first-order valence-corrected chi connectivity index (χ1v) is 6.84. The van der Waals surface area contributed by atoms with Crippen molar-refractivity contribution in [2.45, 2.75) is 44.2 Å². The van der Waals surface area contributed by atoms with Crippen molar-refractivity contribution in [2.75, 3.05) is 6.54 Å². The summed E-state index contributed by atoms with van der Waals surface area (Å²) in [5, 5.41) is 3.36. The fraction of sp³-hybridized carbons (Fsp3) is 0.533. The molecule has 18 heavy (non-hydrogen) atoms. The molecule has 3 rings (SSSR count). The molecule has 1 atom stereocenters. The van der Waals surface area contributed by atoms with Crippen molar-refractivity contribution in [2.24, 2.45) is 0 Å². The average Bonchev–Trinajstić information content (AvgIpc) is 3.04. The molecule has 3 nitrogen and oxygen atoms in total. The predicted octanol–water partition coefficient (Wildman–Crippen LogP) is 2.55. The highest BCUT2D eigenvalue weighted by Crippen LogP contribution is 2.27. The molecule has 2 fully saturated rings. The van der Waals surface area contributed by atoms with Crippen molar-refractivity contribution >= 4 is 5.78 Å². The summed E-state index contributed by atoms with van der Waals surface area (Å²) in [6.45, 7) is 1.05. The van der Waals surface area contributed by atoms with Crippen molar-refractivity contribution in [1.82, 2.24) is 5.32 Å². The van der Waals surface area contributed by atoms with Crippen molar-refractivity contribution in [1.29, 1.82) is 0 Å². The molecular weight excluding hydrogens is 226 g/mol. The molecule has 1 heterocycles. The van der Waals surface area contributed by atoms with E-state index in [0.717, 1.165) is 37.1 Å².